The summed E-state index contributed by atoms with van der Waals surface area (Å²) < 4.78 is 0. The van der Waals surface area contributed by atoms with Gasteiger partial charge >= 0.3 is 0 Å². The summed E-state index contributed by atoms with van der Waals surface area (Å²) >= 11 is 0. The maximum atomic E-state index is 9.29. The molecular formula is C14H17N3O. The Morgan fingerprint density at radius 1 is 1.17 bits per heavy atom. The van der Waals surface area contributed by atoms with Crippen molar-refractivity contribution in [1.29, 1.82) is 0 Å². The molecule has 0 spiro atoms. The van der Waals surface area contributed by atoms with E-state index in [9.17, 15) is 5.11 Å². The zero-order valence-electron chi connectivity index (χ0n) is 10.9. The van der Waals surface area contributed by atoms with Gasteiger partial charge in [0.2, 0.25) is 0 Å². The van der Waals surface area contributed by atoms with Crippen LogP contribution in [0.2, 0.25) is 0 Å². The van der Waals surface area contributed by atoms with Crippen molar-refractivity contribution in [3.63, 3.8) is 0 Å². The van der Waals surface area contributed by atoms with E-state index < -0.39 is 0 Å². The monoisotopic (exact) mass is 243 g/mol. The highest BCUT2D eigenvalue weighted by atomic mass is 16.3. The molecule has 0 radical (unpaired) electrons. The Labute approximate surface area is 107 Å². The smallest absolute Gasteiger partial charge is 0.161 e. The van der Waals surface area contributed by atoms with Crippen LogP contribution in [0.5, 0.6) is 5.75 Å². The molecule has 4 nitrogen and oxygen atoms in total. The molecule has 0 saturated carbocycles. The summed E-state index contributed by atoms with van der Waals surface area (Å²) in [7, 11) is 1.86. The van der Waals surface area contributed by atoms with Gasteiger partial charge in [0.15, 0.2) is 5.82 Å². The first-order valence-electron chi connectivity index (χ1n) is 6.00. The third-order valence-electron chi connectivity index (χ3n) is 2.93. The summed E-state index contributed by atoms with van der Waals surface area (Å²) in [5.41, 5.74) is 3.02. The molecule has 0 aliphatic rings. The van der Waals surface area contributed by atoms with Crippen LogP contribution in [0.3, 0.4) is 0 Å². The van der Waals surface area contributed by atoms with Gasteiger partial charge in [0.05, 0.1) is 0 Å². The molecule has 0 aliphatic heterocycles. The number of phenolic OH excluding ortho intramolecular Hbond substituents is 1. The second kappa shape index (κ2) is 5.04. The highest BCUT2D eigenvalue weighted by Crippen LogP contribution is 2.23. The van der Waals surface area contributed by atoms with Crippen molar-refractivity contribution in [2.24, 2.45) is 0 Å². The minimum Gasteiger partial charge on any atom is -0.508 e. The molecule has 0 amide bonds. The van der Waals surface area contributed by atoms with E-state index in [4.69, 9.17) is 0 Å². The predicted molar refractivity (Wildman–Crippen MR) is 72.8 cm³/mol. The molecule has 94 valence electrons. The van der Waals surface area contributed by atoms with E-state index in [1.807, 2.05) is 26.1 Å². The summed E-state index contributed by atoms with van der Waals surface area (Å²) in [6.45, 7) is 4.08. The molecule has 18 heavy (non-hydrogen) atoms. The quantitative estimate of drug-likeness (QED) is 0.870. The highest BCUT2D eigenvalue weighted by molar-refractivity contribution is 5.60. The number of hydrogen-bond donors (Lipinski definition) is 2. The van der Waals surface area contributed by atoms with E-state index >= 15 is 0 Å². The Kier molecular flexibility index (Phi) is 3.46. The molecule has 1 heterocycles. The normalized spacial score (nSPS) is 10.4. The summed E-state index contributed by atoms with van der Waals surface area (Å²) in [5.74, 6) is 1.79. The van der Waals surface area contributed by atoms with E-state index in [-0.39, 0.29) is 5.75 Å². The number of benzene rings is 1. The molecule has 4 heteroatoms. The Morgan fingerprint density at radius 3 is 2.39 bits per heavy atom. The first-order valence-corrected chi connectivity index (χ1v) is 6.00. The SMILES string of the molecule is CCc1c(C)nc(-c2ccc(O)cc2)nc1NC. The minimum atomic E-state index is 0.245. The van der Waals surface area contributed by atoms with Crippen LogP contribution in [-0.4, -0.2) is 22.1 Å². The van der Waals surface area contributed by atoms with Crippen molar-refractivity contribution in [3.8, 4) is 17.1 Å². The average Bonchev–Trinajstić information content (AvgIpc) is 2.38. The lowest BCUT2D eigenvalue weighted by molar-refractivity contribution is 0.475. The molecule has 0 bridgehead atoms. The molecule has 0 aliphatic carbocycles. The summed E-state index contributed by atoms with van der Waals surface area (Å²) in [6.07, 6.45) is 0.901. The third-order valence-corrected chi connectivity index (χ3v) is 2.93. The number of anilines is 1. The highest BCUT2D eigenvalue weighted by Gasteiger charge is 2.10. The van der Waals surface area contributed by atoms with E-state index in [0.29, 0.717) is 5.82 Å². The lowest BCUT2D eigenvalue weighted by Crippen LogP contribution is -2.04. The van der Waals surface area contributed by atoms with Crippen LogP contribution in [0.1, 0.15) is 18.2 Å². The topological polar surface area (TPSA) is 58.0 Å². The second-order valence-electron chi connectivity index (χ2n) is 4.11. The molecule has 1 aromatic heterocycles. The van der Waals surface area contributed by atoms with Gasteiger partial charge < -0.3 is 10.4 Å². The Hall–Kier alpha value is -2.10. The predicted octanol–water partition coefficient (Wildman–Crippen LogP) is 2.76. The van der Waals surface area contributed by atoms with Crippen LogP contribution < -0.4 is 5.32 Å². The first kappa shape index (κ1) is 12.4. The van der Waals surface area contributed by atoms with E-state index in [1.165, 1.54) is 0 Å². The third kappa shape index (κ3) is 2.27. The van der Waals surface area contributed by atoms with Crippen molar-refractivity contribution in [1.82, 2.24) is 9.97 Å². The molecule has 2 aromatic rings. The molecule has 2 N–H and O–H groups in total. The fourth-order valence-corrected chi connectivity index (χ4v) is 1.97. The molecular weight excluding hydrogens is 226 g/mol. The molecule has 1 aromatic carbocycles. The van der Waals surface area contributed by atoms with Crippen LogP contribution in [0.25, 0.3) is 11.4 Å². The van der Waals surface area contributed by atoms with Gasteiger partial charge in [-0.15, -0.1) is 0 Å². The van der Waals surface area contributed by atoms with Crippen molar-refractivity contribution >= 4 is 5.82 Å². The van der Waals surface area contributed by atoms with Gasteiger partial charge in [-0.2, -0.15) is 0 Å². The zero-order valence-corrected chi connectivity index (χ0v) is 10.9. The average molecular weight is 243 g/mol. The van der Waals surface area contributed by atoms with Gasteiger partial charge in [0, 0.05) is 23.9 Å². The Bertz CT molecular complexity index is 550. The van der Waals surface area contributed by atoms with Crippen LogP contribution in [0, 0.1) is 6.92 Å². The number of nitrogens with zero attached hydrogens (tertiary/aromatic N) is 2. The van der Waals surface area contributed by atoms with Gasteiger partial charge in [0.25, 0.3) is 0 Å². The number of hydrogen-bond acceptors (Lipinski definition) is 4. The maximum Gasteiger partial charge on any atom is 0.161 e. The van der Waals surface area contributed by atoms with Crippen molar-refractivity contribution in [3.05, 3.63) is 35.5 Å². The molecule has 0 fully saturated rings. The Morgan fingerprint density at radius 2 is 1.83 bits per heavy atom. The number of aryl methyl sites for hydroxylation is 1. The van der Waals surface area contributed by atoms with Gasteiger partial charge in [0.1, 0.15) is 11.6 Å². The number of aromatic hydroxyl groups is 1. The first-order chi connectivity index (χ1) is 8.65. The molecule has 0 unspecified atom stereocenters. The van der Waals surface area contributed by atoms with Crippen LogP contribution in [0.4, 0.5) is 5.82 Å². The van der Waals surface area contributed by atoms with E-state index in [0.717, 1.165) is 29.1 Å². The van der Waals surface area contributed by atoms with Crippen LogP contribution in [-0.2, 0) is 6.42 Å². The number of nitrogens with one attached hydrogen (secondary N) is 1. The molecule has 0 atom stereocenters. The van der Waals surface area contributed by atoms with Crippen LogP contribution in [0.15, 0.2) is 24.3 Å². The number of aromatic nitrogens is 2. The van der Waals surface area contributed by atoms with Gasteiger partial charge in [-0.1, -0.05) is 6.92 Å². The lowest BCUT2D eigenvalue weighted by atomic mass is 10.1. The van der Waals surface area contributed by atoms with Gasteiger partial charge in [-0.25, -0.2) is 9.97 Å². The number of rotatable bonds is 3. The summed E-state index contributed by atoms with van der Waals surface area (Å²) in [4.78, 5) is 9.04. The second-order valence-corrected chi connectivity index (χ2v) is 4.11. The fourth-order valence-electron chi connectivity index (χ4n) is 1.97. The molecule has 2 rings (SSSR count). The maximum absolute atomic E-state index is 9.29. The Balaban J connectivity index is 2.52. The zero-order chi connectivity index (χ0) is 13.1. The van der Waals surface area contributed by atoms with E-state index in [2.05, 4.69) is 22.2 Å². The van der Waals surface area contributed by atoms with Crippen LogP contribution >= 0.6 is 0 Å². The van der Waals surface area contributed by atoms with Crippen molar-refractivity contribution in [2.75, 3.05) is 12.4 Å². The van der Waals surface area contributed by atoms with Crippen molar-refractivity contribution < 1.29 is 5.11 Å². The van der Waals surface area contributed by atoms with Gasteiger partial charge in [-0.3, -0.25) is 0 Å². The largest absolute Gasteiger partial charge is 0.508 e. The molecule has 0 saturated heterocycles. The number of phenols is 1. The summed E-state index contributed by atoms with van der Waals surface area (Å²) in [6, 6.07) is 6.91. The van der Waals surface area contributed by atoms with Crippen molar-refractivity contribution in [2.45, 2.75) is 20.3 Å². The van der Waals surface area contributed by atoms with Gasteiger partial charge in [-0.05, 0) is 37.6 Å². The fraction of sp³-hybridized carbons (Fsp3) is 0.286. The summed E-state index contributed by atoms with van der Waals surface area (Å²) in [5, 5.41) is 12.4. The standard InChI is InChI=1S/C14H17N3O/c1-4-12-9(2)16-13(17-14(12)15-3)10-5-7-11(18)8-6-10/h5-8,18H,4H2,1-3H3,(H,15,16,17). The van der Waals surface area contributed by atoms with E-state index in [1.54, 1.807) is 12.1 Å². The minimum absolute atomic E-state index is 0.245. The lowest BCUT2D eigenvalue weighted by Gasteiger charge is -2.11.